The third-order valence-electron chi connectivity index (χ3n) is 22.2. The molecular weight excluding hydrogens is 1620 g/mol. The van der Waals surface area contributed by atoms with E-state index in [1.807, 2.05) is 130 Å². The number of likely N-dealkylation sites (tertiary alicyclic amines) is 3. The zero-order chi connectivity index (χ0) is 79.4. The third-order valence-corrected chi connectivity index (χ3v) is 23.9. The van der Waals surface area contributed by atoms with Crippen molar-refractivity contribution in [1.29, 1.82) is 0 Å². The predicted octanol–water partition coefficient (Wildman–Crippen LogP) is 16.7. The second kappa shape index (κ2) is 38.3. The number of ether oxygens (including phenoxy) is 6. The summed E-state index contributed by atoms with van der Waals surface area (Å²) in [6.07, 6.45) is 12.9. The van der Waals surface area contributed by atoms with Crippen LogP contribution in [0, 0.1) is 3.57 Å². The highest BCUT2D eigenvalue weighted by Crippen LogP contribution is 2.44. The third kappa shape index (κ3) is 27.4. The predicted molar refractivity (Wildman–Crippen MR) is 447 cm³/mol. The molecule has 0 aliphatic carbocycles. The molecule has 0 radical (unpaired) electrons. The van der Waals surface area contributed by atoms with E-state index in [0.29, 0.717) is 31.4 Å². The average molecular weight is 1750 g/mol. The lowest BCUT2D eigenvalue weighted by Gasteiger charge is -2.38. The molecule has 27 heteroatoms. The molecule has 604 valence electrons. The largest absolute Gasteiger partial charge is 0.494 e. The molecule has 0 spiro atoms. The monoisotopic (exact) mass is 1740 g/mol. The lowest BCUT2D eigenvalue weighted by Crippen LogP contribution is -2.45. The van der Waals surface area contributed by atoms with Gasteiger partial charge in [-0.2, -0.15) is 0 Å². The normalized spacial score (nSPS) is 22.9. The van der Waals surface area contributed by atoms with Gasteiger partial charge in [0.25, 0.3) is 0 Å². The lowest BCUT2D eigenvalue weighted by atomic mass is 9.49. The number of nitrogens with zero attached hydrogens (tertiary/aromatic N) is 5. The molecule has 12 rings (SSSR count). The highest BCUT2D eigenvalue weighted by Gasteiger charge is 2.64. The van der Waals surface area contributed by atoms with Crippen LogP contribution in [-0.4, -0.2) is 220 Å². The van der Waals surface area contributed by atoms with Crippen LogP contribution in [0.1, 0.15) is 222 Å². The lowest BCUT2D eigenvalue weighted by molar-refractivity contribution is -0.0557. The molecular formula is C81H130B3Br2IN6O15. The second-order valence-corrected chi connectivity index (χ2v) is 39.1. The zero-order valence-electron chi connectivity index (χ0n) is 69.1. The minimum absolute atomic E-state index is 0.196. The van der Waals surface area contributed by atoms with E-state index in [1.165, 1.54) is 14.9 Å². The molecule has 9 aliphatic heterocycles. The molecule has 9 heterocycles. The van der Waals surface area contributed by atoms with E-state index in [2.05, 4.69) is 158 Å². The number of benzene rings is 3. The number of rotatable bonds is 10. The Balaban J connectivity index is 0.000000180. The quantitative estimate of drug-likeness (QED) is 0.114. The summed E-state index contributed by atoms with van der Waals surface area (Å²) < 4.78 is 75.0. The van der Waals surface area contributed by atoms with Gasteiger partial charge < -0.3 is 86.2 Å². The van der Waals surface area contributed by atoms with Gasteiger partial charge in [0.1, 0.15) is 16.8 Å². The van der Waals surface area contributed by atoms with Crippen LogP contribution in [0.3, 0.4) is 0 Å². The molecule has 9 saturated heterocycles. The molecule has 0 bridgehead atoms. The number of hydrogen-bond donors (Lipinski definition) is 1. The first-order valence-corrected chi connectivity index (χ1v) is 42.3. The van der Waals surface area contributed by atoms with Crippen molar-refractivity contribution in [2.75, 3.05) is 88.3 Å². The average Bonchev–Trinajstić information content (AvgIpc) is 1.60. The number of hydrogen-bond acceptors (Lipinski definition) is 18. The molecule has 1 N–H and O–H groups in total. The summed E-state index contributed by atoms with van der Waals surface area (Å²) in [5.74, 6) is 0. The maximum absolute atomic E-state index is 12.3. The van der Waals surface area contributed by atoms with Crippen LogP contribution in [0.25, 0.3) is 0 Å². The SMILES string of the molecule is Brc1ccc(I)cc1.CC(C)(C)OC(=O)N1CCC(OC2CCN(c3ccc(B4OC(C)(C)C(C)(C)O4)cc3)CC2)CC1.CC(C)(C)OC(=O)N1CCC(OC2CCN(c3ccc(Br)cc3)CC2)CC1.CC(C)(C)OC(=O)N1CCC(OC2CCNCC2)CC1.CC1(C)OB(B2OC(C)(C)C(C)(C)O2)OC1(C)C. The fraction of sp³-hybridized carbons (Fsp3) is 0.741. The van der Waals surface area contributed by atoms with E-state index in [1.54, 1.807) is 14.7 Å². The highest BCUT2D eigenvalue weighted by molar-refractivity contribution is 14.1. The fourth-order valence-electron chi connectivity index (χ4n) is 13.7. The Hall–Kier alpha value is -3.45. The number of anilines is 2. The fourth-order valence-corrected chi connectivity index (χ4v) is 14.5. The van der Waals surface area contributed by atoms with Gasteiger partial charge >= 0.3 is 39.4 Å². The van der Waals surface area contributed by atoms with Crippen molar-refractivity contribution in [3.05, 3.63) is 85.3 Å². The molecule has 108 heavy (non-hydrogen) atoms. The second-order valence-electron chi connectivity index (χ2n) is 36.1. The summed E-state index contributed by atoms with van der Waals surface area (Å²) in [7, 11) is -1.28. The van der Waals surface area contributed by atoms with Crippen LogP contribution in [0.5, 0.6) is 0 Å². The number of amides is 3. The van der Waals surface area contributed by atoms with Crippen LogP contribution in [0.4, 0.5) is 25.8 Å². The first kappa shape index (κ1) is 90.1. The van der Waals surface area contributed by atoms with Gasteiger partial charge in [-0.3, -0.25) is 0 Å². The van der Waals surface area contributed by atoms with Gasteiger partial charge in [-0.05, 0) is 324 Å². The number of piperidine rings is 6. The van der Waals surface area contributed by atoms with Gasteiger partial charge in [0.15, 0.2) is 0 Å². The molecule has 3 aromatic rings. The Labute approximate surface area is 679 Å². The van der Waals surface area contributed by atoms with E-state index in [9.17, 15) is 14.4 Å². The molecule has 0 unspecified atom stereocenters. The summed E-state index contributed by atoms with van der Waals surface area (Å²) in [4.78, 5) is 46.7. The molecule has 3 aromatic carbocycles. The number of halogens is 3. The van der Waals surface area contributed by atoms with E-state index in [4.69, 9.17) is 56.3 Å². The van der Waals surface area contributed by atoms with Crippen molar-refractivity contribution in [2.45, 2.75) is 309 Å². The summed E-state index contributed by atoms with van der Waals surface area (Å²) in [6, 6.07) is 25.3. The maximum atomic E-state index is 12.3. The highest BCUT2D eigenvalue weighted by atomic mass is 127. The van der Waals surface area contributed by atoms with E-state index in [0.717, 1.165) is 157 Å². The molecule has 0 saturated carbocycles. The first-order valence-electron chi connectivity index (χ1n) is 39.7. The van der Waals surface area contributed by atoms with Crippen molar-refractivity contribution in [3.63, 3.8) is 0 Å². The Kier molecular flexibility index (Phi) is 32.0. The number of nitrogens with one attached hydrogen (secondary N) is 1. The van der Waals surface area contributed by atoms with Gasteiger partial charge in [-0.1, -0.05) is 44.0 Å². The van der Waals surface area contributed by atoms with Gasteiger partial charge in [0.2, 0.25) is 0 Å². The van der Waals surface area contributed by atoms with E-state index >= 15 is 0 Å². The van der Waals surface area contributed by atoms with Crippen molar-refractivity contribution in [3.8, 4) is 0 Å². The molecule has 3 amide bonds. The topological polar surface area (TPSA) is 190 Å². The number of carbonyl (C=O) groups is 3. The first-order chi connectivity index (χ1) is 50.2. The Morgan fingerprint density at radius 1 is 0.380 bits per heavy atom. The molecule has 0 aromatic heterocycles. The van der Waals surface area contributed by atoms with Crippen molar-refractivity contribution in [1.82, 2.24) is 20.0 Å². The molecule has 9 fully saturated rings. The van der Waals surface area contributed by atoms with Crippen molar-refractivity contribution in [2.24, 2.45) is 0 Å². The Morgan fingerprint density at radius 2 is 0.620 bits per heavy atom. The molecule has 21 nitrogen and oxygen atoms in total. The molecule has 9 aliphatic rings. The van der Waals surface area contributed by atoms with Crippen LogP contribution in [0.2, 0.25) is 0 Å². The standard InChI is InChI=1S/C27H43BN2O5.C21H31BrN2O3.C15H28N2O3.C12H24B2O4.C6H4BrI/c1-25(2,3)33-24(31)30-18-14-23(15-19-30)32-22-12-16-29(17-13-22)21-10-8-20(9-11-21)28-34-26(4,5)27(6,7)35-28;1-21(2,3)27-20(25)24-14-10-19(11-15-24)26-18-8-12-23(13-9-18)17-6-4-16(22)5-7-17;1-15(2,3)20-14(18)17-10-6-13(7-11-17)19-12-4-8-16-9-5-12;1-9(2)10(3,4)16-13(15-9)14-17-11(5,6)12(7,8)18-14;7-5-1-3-6(8)4-2-5/h8-11,22-23H,12-19H2,1-7H3;4-7,18-19H,8-15H2,1-3H3;12-13,16H,4-11H2,1-3H3;1-8H3;1-4H. The summed E-state index contributed by atoms with van der Waals surface area (Å²) in [6.45, 7) is 52.1. The van der Waals surface area contributed by atoms with Gasteiger partial charge in [-0.15, -0.1) is 0 Å². The zero-order valence-corrected chi connectivity index (χ0v) is 74.4. The van der Waals surface area contributed by atoms with Crippen LogP contribution >= 0.6 is 54.5 Å². The van der Waals surface area contributed by atoms with Crippen molar-refractivity contribution >= 4 is 111 Å². The van der Waals surface area contributed by atoms with Gasteiger partial charge in [-0.25, -0.2) is 14.4 Å². The smallest absolute Gasteiger partial charge is 0.444 e. The van der Waals surface area contributed by atoms with Gasteiger partial charge in [0, 0.05) is 89.3 Å². The van der Waals surface area contributed by atoms with E-state index < -0.39 is 30.8 Å². The van der Waals surface area contributed by atoms with Crippen LogP contribution in [0.15, 0.2) is 81.7 Å². The van der Waals surface area contributed by atoms with Crippen LogP contribution in [-0.2, 0) is 56.3 Å². The Bertz CT molecular complexity index is 3180. The van der Waals surface area contributed by atoms with E-state index in [-0.39, 0.29) is 77.3 Å². The summed E-state index contributed by atoms with van der Waals surface area (Å²) in [5, 5.41) is 3.35. The summed E-state index contributed by atoms with van der Waals surface area (Å²) >= 11 is 9.11. The summed E-state index contributed by atoms with van der Waals surface area (Å²) in [5.41, 5.74) is 0.164. The number of carbonyl (C=O) groups excluding carboxylic acids is 3. The van der Waals surface area contributed by atoms with Crippen molar-refractivity contribution < 1.29 is 70.7 Å². The maximum Gasteiger partial charge on any atom is 0.494 e. The van der Waals surface area contributed by atoms with Gasteiger partial charge in [0.05, 0.1) is 70.2 Å². The Morgan fingerprint density at radius 3 is 0.889 bits per heavy atom. The minimum atomic E-state index is -0.476. The molecule has 0 atom stereocenters. The minimum Gasteiger partial charge on any atom is -0.444 e. The van der Waals surface area contributed by atoms with Crippen LogP contribution < -0.4 is 20.6 Å².